The van der Waals surface area contributed by atoms with Crippen LogP contribution in [0.2, 0.25) is 0 Å². The molecule has 5 heteroatoms. The van der Waals surface area contributed by atoms with Gasteiger partial charge in [0.2, 0.25) is 0 Å². The van der Waals surface area contributed by atoms with Gasteiger partial charge in [-0.1, -0.05) is 6.07 Å². The summed E-state index contributed by atoms with van der Waals surface area (Å²) in [5.41, 5.74) is 0.365. The Morgan fingerprint density at radius 2 is 1.80 bits per heavy atom. The minimum absolute atomic E-state index is 0.305. The molecule has 1 N–H and O–H groups in total. The average Bonchev–Trinajstić information content (AvgIpc) is 2.54. The van der Waals surface area contributed by atoms with Crippen molar-refractivity contribution in [3.8, 4) is 0 Å². The molecule has 0 amide bonds. The Morgan fingerprint density at radius 3 is 2.25 bits per heavy atom. The molecule has 0 aromatic carbocycles. The van der Waals surface area contributed by atoms with Gasteiger partial charge in [-0.05, 0) is 53.0 Å². The van der Waals surface area contributed by atoms with E-state index in [1.54, 1.807) is 0 Å². The maximum absolute atomic E-state index is 6.02. The lowest BCUT2D eigenvalue weighted by Crippen LogP contribution is -2.41. The molecular weight excluding hydrogens is 251 g/mol. The second kappa shape index (κ2) is 4.74. The zero-order valence-corrected chi connectivity index (χ0v) is 12.8. The van der Waals surface area contributed by atoms with Gasteiger partial charge >= 0.3 is 7.12 Å². The maximum Gasteiger partial charge on any atom is 0.496 e. The van der Waals surface area contributed by atoms with Crippen LogP contribution >= 0.6 is 0 Å². The molecule has 4 nitrogen and oxygen atoms in total. The predicted octanol–water partition coefficient (Wildman–Crippen LogP) is 2.35. The molecule has 0 spiro atoms. The van der Waals surface area contributed by atoms with Crippen molar-refractivity contribution in [2.45, 2.75) is 64.2 Å². The van der Waals surface area contributed by atoms with Crippen molar-refractivity contribution in [1.82, 2.24) is 4.98 Å². The van der Waals surface area contributed by atoms with Gasteiger partial charge in [0.05, 0.1) is 11.2 Å². The van der Waals surface area contributed by atoms with E-state index in [9.17, 15) is 0 Å². The van der Waals surface area contributed by atoms with E-state index in [-0.39, 0.29) is 18.3 Å². The molecule has 1 aromatic rings. The van der Waals surface area contributed by atoms with E-state index in [1.807, 2.05) is 18.3 Å². The molecule has 1 aliphatic heterocycles. The van der Waals surface area contributed by atoms with Gasteiger partial charge in [0.15, 0.2) is 0 Å². The quantitative estimate of drug-likeness (QED) is 0.859. The van der Waals surface area contributed by atoms with Crippen LogP contribution in [0, 0.1) is 0 Å². The summed E-state index contributed by atoms with van der Waals surface area (Å²) in [6, 6.07) is 4.65. The third-order valence-corrected chi connectivity index (χ3v) is 4.77. The summed E-state index contributed by atoms with van der Waals surface area (Å²) in [5.74, 6) is 0.940. The van der Waals surface area contributed by atoms with Crippen LogP contribution in [0.15, 0.2) is 18.3 Å². The molecule has 1 saturated carbocycles. The normalized spacial score (nSPS) is 24.5. The Kier molecular flexibility index (Phi) is 3.29. The van der Waals surface area contributed by atoms with Gasteiger partial charge in [0, 0.05) is 17.7 Å². The molecule has 0 unspecified atom stereocenters. The lowest BCUT2D eigenvalue weighted by atomic mass is 9.80. The number of anilines is 1. The summed E-state index contributed by atoms with van der Waals surface area (Å²) in [6.45, 7) is 8.25. The van der Waals surface area contributed by atoms with Crippen LogP contribution in [-0.2, 0) is 9.31 Å². The molecule has 2 fully saturated rings. The highest BCUT2D eigenvalue weighted by atomic mass is 16.7. The van der Waals surface area contributed by atoms with Crippen LogP contribution in [0.1, 0.15) is 47.0 Å². The molecule has 108 valence electrons. The van der Waals surface area contributed by atoms with Crippen LogP contribution in [0.3, 0.4) is 0 Å². The summed E-state index contributed by atoms with van der Waals surface area (Å²) < 4.78 is 12.0. The number of nitrogens with one attached hydrogen (secondary N) is 1. The van der Waals surface area contributed by atoms with Gasteiger partial charge in [-0.25, -0.2) is 4.98 Å². The van der Waals surface area contributed by atoms with E-state index in [2.05, 4.69) is 38.0 Å². The number of pyridine rings is 1. The second-order valence-corrected chi connectivity index (χ2v) is 6.84. The highest BCUT2D eigenvalue weighted by Crippen LogP contribution is 2.36. The van der Waals surface area contributed by atoms with E-state index < -0.39 is 0 Å². The Bertz CT molecular complexity index is 467. The van der Waals surface area contributed by atoms with Crippen LogP contribution in [0.4, 0.5) is 5.82 Å². The maximum atomic E-state index is 6.02. The molecule has 2 aliphatic rings. The summed E-state index contributed by atoms with van der Waals surface area (Å²) in [6.07, 6.45) is 5.67. The van der Waals surface area contributed by atoms with E-state index >= 15 is 0 Å². The van der Waals surface area contributed by atoms with Crippen molar-refractivity contribution >= 4 is 18.4 Å². The van der Waals surface area contributed by atoms with Crippen molar-refractivity contribution in [2.24, 2.45) is 0 Å². The van der Waals surface area contributed by atoms with Gasteiger partial charge in [-0.15, -0.1) is 0 Å². The topological polar surface area (TPSA) is 43.4 Å². The summed E-state index contributed by atoms with van der Waals surface area (Å²) >= 11 is 0. The van der Waals surface area contributed by atoms with Crippen molar-refractivity contribution in [3.63, 3.8) is 0 Å². The smallest absolute Gasteiger partial charge is 0.399 e. The first-order chi connectivity index (χ1) is 9.37. The molecule has 3 rings (SSSR count). The van der Waals surface area contributed by atoms with Gasteiger partial charge in [-0.3, -0.25) is 0 Å². The van der Waals surface area contributed by atoms with Gasteiger partial charge in [-0.2, -0.15) is 0 Å². The molecular formula is C15H23BN2O2. The highest BCUT2D eigenvalue weighted by Gasteiger charge is 2.51. The summed E-state index contributed by atoms with van der Waals surface area (Å²) in [4.78, 5) is 4.47. The number of nitrogens with zero attached hydrogens (tertiary/aromatic N) is 1. The standard InChI is InChI=1S/C15H23BN2O2/c1-14(2)15(3,4)20-16(19-14)11-8-9-13(17-10-11)18-12-6-5-7-12/h8-10,12H,5-7H2,1-4H3,(H,17,18). The number of hydrogen-bond donors (Lipinski definition) is 1. The Hall–Kier alpha value is -1.07. The van der Waals surface area contributed by atoms with Crippen molar-refractivity contribution in [3.05, 3.63) is 18.3 Å². The third-order valence-electron chi connectivity index (χ3n) is 4.77. The molecule has 1 aliphatic carbocycles. The molecule has 2 heterocycles. The second-order valence-electron chi connectivity index (χ2n) is 6.84. The monoisotopic (exact) mass is 274 g/mol. The van der Waals surface area contributed by atoms with Gasteiger partial charge < -0.3 is 14.6 Å². The van der Waals surface area contributed by atoms with Gasteiger partial charge in [0.25, 0.3) is 0 Å². The van der Waals surface area contributed by atoms with Gasteiger partial charge in [0.1, 0.15) is 5.82 Å². The number of hydrogen-bond acceptors (Lipinski definition) is 4. The first-order valence-electron chi connectivity index (χ1n) is 7.45. The van der Waals surface area contributed by atoms with Crippen molar-refractivity contribution in [2.75, 3.05) is 5.32 Å². The number of aromatic nitrogens is 1. The molecule has 0 atom stereocenters. The van der Waals surface area contributed by atoms with Crippen LogP contribution in [0.25, 0.3) is 0 Å². The lowest BCUT2D eigenvalue weighted by Gasteiger charge is -2.32. The van der Waals surface area contributed by atoms with Crippen molar-refractivity contribution < 1.29 is 9.31 Å². The fourth-order valence-electron chi connectivity index (χ4n) is 2.37. The minimum Gasteiger partial charge on any atom is -0.399 e. The Balaban J connectivity index is 1.69. The molecule has 0 bridgehead atoms. The summed E-state index contributed by atoms with van der Waals surface area (Å²) in [7, 11) is -0.328. The molecule has 1 aromatic heterocycles. The summed E-state index contributed by atoms with van der Waals surface area (Å²) in [5, 5.41) is 3.44. The zero-order chi connectivity index (χ0) is 14.4. The fourth-order valence-corrected chi connectivity index (χ4v) is 2.37. The van der Waals surface area contributed by atoms with Crippen molar-refractivity contribution in [1.29, 1.82) is 0 Å². The number of rotatable bonds is 3. The van der Waals surface area contributed by atoms with Crippen LogP contribution in [0.5, 0.6) is 0 Å². The zero-order valence-electron chi connectivity index (χ0n) is 12.8. The molecule has 0 radical (unpaired) electrons. The minimum atomic E-state index is -0.328. The van der Waals surface area contributed by atoms with E-state index in [0.29, 0.717) is 6.04 Å². The largest absolute Gasteiger partial charge is 0.496 e. The molecule has 1 saturated heterocycles. The first-order valence-corrected chi connectivity index (χ1v) is 7.45. The first kappa shape index (κ1) is 13.9. The highest BCUT2D eigenvalue weighted by molar-refractivity contribution is 6.62. The van der Waals surface area contributed by atoms with E-state index in [0.717, 1.165) is 11.3 Å². The van der Waals surface area contributed by atoms with E-state index in [1.165, 1.54) is 19.3 Å². The predicted molar refractivity (Wildman–Crippen MR) is 81.2 cm³/mol. The fraction of sp³-hybridized carbons (Fsp3) is 0.667. The Labute approximate surface area is 121 Å². The Morgan fingerprint density at radius 1 is 1.15 bits per heavy atom. The molecule has 20 heavy (non-hydrogen) atoms. The SMILES string of the molecule is CC1(C)OB(c2ccc(NC3CCC3)nc2)OC1(C)C. The lowest BCUT2D eigenvalue weighted by molar-refractivity contribution is 0.00578. The third kappa shape index (κ3) is 2.45. The van der Waals surface area contributed by atoms with Crippen LogP contribution in [-0.4, -0.2) is 29.3 Å². The van der Waals surface area contributed by atoms with Crippen LogP contribution < -0.4 is 10.8 Å². The average molecular weight is 274 g/mol. The van der Waals surface area contributed by atoms with E-state index in [4.69, 9.17) is 9.31 Å².